The summed E-state index contributed by atoms with van der Waals surface area (Å²) in [5, 5.41) is 8.82. The zero-order valence-corrected chi connectivity index (χ0v) is 5.62. The van der Waals surface area contributed by atoms with E-state index >= 15 is 0 Å². The van der Waals surface area contributed by atoms with Crippen LogP contribution in [0.3, 0.4) is 0 Å². The molecule has 0 aromatic carbocycles. The van der Waals surface area contributed by atoms with Gasteiger partial charge in [-0.3, -0.25) is 0 Å². The van der Waals surface area contributed by atoms with Crippen LogP contribution in [0.25, 0.3) is 0 Å². The fourth-order valence-electron chi connectivity index (χ4n) is 0.857. The summed E-state index contributed by atoms with van der Waals surface area (Å²) in [5.74, 6) is -1.55. The minimum atomic E-state index is -0.612. The Bertz CT molecular complexity index is 192. The second-order valence-electron chi connectivity index (χ2n) is 2.28. The first kappa shape index (κ1) is 7.25. The maximum absolute atomic E-state index is 12.5. The number of rotatable bonds is 0. The van der Waals surface area contributed by atoms with Crippen molar-refractivity contribution in [1.82, 2.24) is 0 Å². The van der Waals surface area contributed by atoms with Gasteiger partial charge < -0.3 is 5.11 Å². The molecule has 1 nitrogen and oxygen atoms in total. The third-order valence-electron chi connectivity index (χ3n) is 1.58. The topological polar surface area (TPSA) is 20.2 Å². The summed E-state index contributed by atoms with van der Waals surface area (Å²) in [6.45, 7) is 1.36. The van der Waals surface area contributed by atoms with E-state index in [0.717, 1.165) is 0 Å². The Morgan fingerprint density at radius 2 is 1.70 bits per heavy atom. The molecule has 0 radical (unpaired) electrons. The van der Waals surface area contributed by atoms with Gasteiger partial charge in [-0.05, 0) is 6.92 Å². The molecule has 0 aliphatic heterocycles. The van der Waals surface area contributed by atoms with E-state index in [-0.39, 0.29) is 18.4 Å². The summed E-state index contributed by atoms with van der Waals surface area (Å²) in [5.41, 5.74) is 0.0313. The first-order valence-corrected chi connectivity index (χ1v) is 3.06. The summed E-state index contributed by atoms with van der Waals surface area (Å²) in [4.78, 5) is 0. The first-order valence-electron chi connectivity index (χ1n) is 3.06. The minimum absolute atomic E-state index is 0.0188. The highest BCUT2D eigenvalue weighted by Crippen LogP contribution is 2.29. The van der Waals surface area contributed by atoms with Crippen molar-refractivity contribution in [3.8, 4) is 0 Å². The molecule has 0 bridgehead atoms. The van der Waals surface area contributed by atoms with E-state index in [1.807, 2.05) is 0 Å². The molecular weight excluding hydrogens is 138 g/mol. The van der Waals surface area contributed by atoms with Crippen LogP contribution in [0, 0.1) is 0 Å². The Hall–Kier alpha value is -0.860. The van der Waals surface area contributed by atoms with Crippen LogP contribution in [0.4, 0.5) is 8.78 Å². The molecule has 0 fully saturated rings. The van der Waals surface area contributed by atoms with Crippen molar-refractivity contribution in [2.75, 3.05) is 0 Å². The average Bonchev–Trinajstić information content (AvgIpc) is 1.93. The monoisotopic (exact) mass is 146 g/mol. The van der Waals surface area contributed by atoms with Crippen molar-refractivity contribution < 1.29 is 13.9 Å². The smallest absolute Gasteiger partial charge is 0.152 e. The van der Waals surface area contributed by atoms with Gasteiger partial charge in [0.1, 0.15) is 11.7 Å². The maximum atomic E-state index is 12.5. The maximum Gasteiger partial charge on any atom is 0.152 e. The van der Waals surface area contributed by atoms with Crippen LogP contribution in [0.5, 0.6) is 0 Å². The lowest BCUT2D eigenvalue weighted by Gasteiger charge is -2.10. The molecular formula is C7H8F2O. The van der Waals surface area contributed by atoms with Crippen LogP contribution in [0.1, 0.15) is 19.8 Å². The quantitative estimate of drug-likeness (QED) is 0.557. The van der Waals surface area contributed by atoms with Crippen LogP contribution >= 0.6 is 0 Å². The van der Waals surface area contributed by atoms with Crippen molar-refractivity contribution in [1.29, 1.82) is 0 Å². The largest absolute Gasteiger partial charge is 0.505 e. The predicted molar refractivity (Wildman–Crippen MR) is 33.8 cm³/mol. The van der Waals surface area contributed by atoms with Gasteiger partial charge in [-0.15, -0.1) is 0 Å². The molecule has 10 heavy (non-hydrogen) atoms. The fourth-order valence-corrected chi connectivity index (χ4v) is 0.857. The molecule has 0 saturated heterocycles. The Balaban J connectivity index is 3.01. The Kier molecular flexibility index (Phi) is 1.74. The zero-order chi connectivity index (χ0) is 7.72. The van der Waals surface area contributed by atoms with Crippen molar-refractivity contribution in [2.24, 2.45) is 0 Å². The summed E-state index contributed by atoms with van der Waals surface area (Å²) >= 11 is 0. The van der Waals surface area contributed by atoms with Crippen LogP contribution in [-0.4, -0.2) is 5.11 Å². The molecule has 3 heteroatoms. The van der Waals surface area contributed by atoms with Gasteiger partial charge in [0.2, 0.25) is 0 Å². The molecule has 0 amide bonds. The SMILES string of the molecule is CC1=C(F)CCC(F)=C1O. The number of aliphatic hydroxyl groups is 1. The fraction of sp³-hybridized carbons (Fsp3) is 0.429. The number of allylic oxidation sites excluding steroid dienone is 3. The van der Waals surface area contributed by atoms with Gasteiger partial charge in [0.15, 0.2) is 5.76 Å². The van der Waals surface area contributed by atoms with E-state index in [1.165, 1.54) is 6.92 Å². The molecule has 1 aliphatic carbocycles. The summed E-state index contributed by atoms with van der Waals surface area (Å²) < 4.78 is 24.9. The molecule has 1 rings (SSSR count). The molecule has 56 valence electrons. The molecule has 0 heterocycles. The molecule has 1 aliphatic rings. The molecule has 0 atom stereocenters. The number of halogens is 2. The van der Waals surface area contributed by atoms with Crippen molar-refractivity contribution in [2.45, 2.75) is 19.8 Å². The van der Waals surface area contributed by atoms with Crippen LogP contribution in [-0.2, 0) is 0 Å². The highest BCUT2D eigenvalue weighted by atomic mass is 19.1. The Morgan fingerprint density at radius 3 is 2.20 bits per heavy atom. The molecule has 0 spiro atoms. The molecule has 0 aromatic rings. The van der Waals surface area contributed by atoms with Crippen LogP contribution < -0.4 is 0 Å². The zero-order valence-electron chi connectivity index (χ0n) is 5.62. The Morgan fingerprint density at radius 1 is 1.20 bits per heavy atom. The third kappa shape index (κ3) is 1.03. The van der Waals surface area contributed by atoms with Gasteiger partial charge in [0.25, 0.3) is 0 Å². The van der Waals surface area contributed by atoms with E-state index in [2.05, 4.69) is 0 Å². The minimum Gasteiger partial charge on any atom is -0.505 e. The van der Waals surface area contributed by atoms with Crippen LogP contribution in [0.2, 0.25) is 0 Å². The summed E-state index contributed by atoms with van der Waals surface area (Å²) in [6.07, 6.45) is 0.0523. The van der Waals surface area contributed by atoms with E-state index < -0.39 is 17.4 Å². The molecule has 0 aromatic heterocycles. The Labute approximate surface area is 57.7 Å². The van der Waals surface area contributed by atoms with E-state index in [1.54, 1.807) is 0 Å². The van der Waals surface area contributed by atoms with Gasteiger partial charge in [-0.1, -0.05) is 0 Å². The van der Waals surface area contributed by atoms with Gasteiger partial charge in [-0.25, -0.2) is 8.78 Å². The van der Waals surface area contributed by atoms with E-state index in [0.29, 0.717) is 0 Å². The number of aliphatic hydroxyl groups excluding tert-OH is 1. The lowest BCUT2D eigenvalue weighted by molar-refractivity contribution is 0.364. The molecule has 1 N–H and O–H groups in total. The second-order valence-corrected chi connectivity index (χ2v) is 2.28. The molecule has 0 saturated carbocycles. The normalized spacial score (nSPS) is 20.3. The van der Waals surface area contributed by atoms with Gasteiger partial charge in [0.05, 0.1) is 0 Å². The van der Waals surface area contributed by atoms with Gasteiger partial charge in [0, 0.05) is 18.4 Å². The van der Waals surface area contributed by atoms with Gasteiger partial charge >= 0.3 is 0 Å². The second kappa shape index (κ2) is 2.40. The van der Waals surface area contributed by atoms with Crippen molar-refractivity contribution in [3.63, 3.8) is 0 Å². The first-order chi connectivity index (χ1) is 4.63. The van der Waals surface area contributed by atoms with Crippen molar-refractivity contribution in [3.05, 3.63) is 23.0 Å². The highest BCUT2D eigenvalue weighted by molar-refractivity contribution is 5.31. The molecule has 0 unspecified atom stereocenters. The highest BCUT2D eigenvalue weighted by Gasteiger charge is 2.17. The summed E-state index contributed by atoms with van der Waals surface area (Å²) in [6, 6.07) is 0. The number of hydrogen-bond donors (Lipinski definition) is 1. The van der Waals surface area contributed by atoms with Gasteiger partial charge in [-0.2, -0.15) is 0 Å². The predicted octanol–water partition coefficient (Wildman–Crippen LogP) is 2.76. The summed E-state index contributed by atoms with van der Waals surface area (Å²) in [7, 11) is 0. The van der Waals surface area contributed by atoms with Crippen LogP contribution in [0.15, 0.2) is 23.0 Å². The lowest BCUT2D eigenvalue weighted by atomic mass is 10.0. The third-order valence-corrected chi connectivity index (χ3v) is 1.58. The van der Waals surface area contributed by atoms with E-state index in [4.69, 9.17) is 5.11 Å². The van der Waals surface area contributed by atoms with E-state index in [9.17, 15) is 8.78 Å². The average molecular weight is 146 g/mol. The standard InChI is InChI=1S/C7H8F2O/c1-4-5(8)2-3-6(9)7(4)10/h10H,2-3H2,1H3. The van der Waals surface area contributed by atoms with Crippen molar-refractivity contribution >= 4 is 0 Å². The number of hydrogen-bond acceptors (Lipinski definition) is 1. The lowest BCUT2D eigenvalue weighted by Crippen LogP contribution is -1.98.